The minimum Gasteiger partial charge on any atom is -0.481 e. The largest absolute Gasteiger partial charge is 0.481 e. The van der Waals surface area contributed by atoms with Gasteiger partial charge in [-0.1, -0.05) is 12.1 Å². The topological polar surface area (TPSA) is 108 Å². The van der Waals surface area contributed by atoms with Gasteiger partial charge in [-0.05, 0) is 24.1 Å². The molecule has 1 unspecified atom stereocenters. The van der Waals surface area contributed by atoms with E-state index in [0.717, 1.165) is 5.56 Å². The molecule has 3 amide bonds. The van der Waals surface area contributed by atoms with Gasteiger partial charge in [0.25, 0.3) is 0 Å². The maximum atomic E-state index is 11.7. The van der Waals surface area contributed by atoms with Crippen molar-refractivity contribution in [3.63, 3.8) is 0 Å². The second-order valence-corrected chi connectivity index (χ2v) is 4.89. The molecule has 7 nitrogen and oxygen atoms in total. The van der Waals surface area contributed by atoms with Crippen molar-refractivity contribution in [2.24, 2.45) is 0 Å². The van der Waals surface area contributed by atoms with Crippen molar-refractivity contribution < 1.29 is 19.5 Å². The molecular weight excluding hydrogens is 274 g/mol. The summed E-state index contributed by atoms with van der Waals surface area (Å²) in [6, 6.07) is 6.43. The average molecular weight is 291 g/mol. The number of hydrogen-bond acceptors (Lipinski definition) is 3. The van der Waals surface area contributed by atoms with Crippen LogP contribution in [-0.4, -0.2) is 35.6 Å². The summed E-state index contributed by atoms with van der Waals surface area (Å²) in [6.45, 7) is 0.445. The van der Waals surface area contributed by atoms with Crippen LogP contribution in [0.4, 0.5) is 10.5 Å². The first-order valence-corrected chi connectivity index (χ1v) is 6.68. The van der Waals surface area contributed by atoms with Crippen LogP contribution in [0.5, 0.6) is 0 Å². The first kappa shape index (κ1) is 14.8. The summed E-state index contributed by atoms with van der Waals surface area (Å²) < 4.78 is 0. The van der Waals surface area contributed by atoms with Gasteiger partial charge in [0.05, 0.1) is 6.04 Å². The minimum atomic E-state index is -0.837. The highest BCUT2D eigenvalue weighted by atomic mass is 16.4. The van der Waals surface area contributed by atoms with E-state index in [0.29, 0.717) is 25.1 Å². The number of aryl methyl sites for hydroxylation is 1. The number of nitrogens with one attached hydrogen (secondary N) is 3. The number of urea groups is 1. The van der Waals surface area contributed by atoms with Crippen LogP contribution in [0.1, 0.15) is 18.4 Å². The van der Waals surface area contributed by atoms with Crippen LogP contribution in [0.25, 0.3) is 0 Å². The highest BCUT2D eigenvalue weighted by Gasteiger charge is 2.22. The number of benzene rings is 1. The van der Waals surface area contributed by atoms with E-state index in [4.69, 9.17) is 5.11 Å². The Kier molecular flexibility index (Phi) is 4.76. The highest BCUT2D eigenvalue weighted by molar-refractivity contribution is 5.90. The molecule has 1 saturated heterocycles. The maximum absolute atomic E-state index is 11.7. The summed E-state index contributed by atoms with van der Waals surface area (Å²) in [7, 11) is 0. The molecule has 1 aliphatic heterocycles. The van der Waals surface area contributed by atoms with Crippen molar-refractivity contribution in [3.05, 3.63) is 29.8 Å². The fourth-order valence-corrected chi connectivity index (χ4v) is 2.07. The van der Waals surface area contributed by atoms with Crippen LogP contribution >= 0.6 is 0 Å². The van der Waals surface area contributed by atoms with Crippen LogP contribution < -0.4 is 16.0 Å². The summed E-state index contributed by atoms with van der Waals surface area (Å²) in [4.78, 5) is 33.2. The normalized spacial score (nSPS) is 17.1. The fraction of sp³-hybridized carbons (Fsp3) is 0.357. The van der Waals surface area contributed by atoms with Gasteiger partial charge in [-0.15, -0.1) is 0 Å². The van der Waals surface area contributed by atoms with Crippen molar-refractivity contribution >= 4 is 23.6 Å². The van der Waals surface area contributed by atoms with Gasteiger partial charge >= 0.3 is 12.0 Å². The third kappa shape index (κ3) is 4.79. The second-order valence-electron chi connectivity index (χ2n) is 4.89. The molecule has 4 N–H and O–H groups in total. The molecule has 1 heterocycles. The van der Waals surface area contributed by atoms with E-state index < -0.39 is 5.97 Å². The van der Waals surface area contributed by atoms with Crippen LogP contribution in [-0.2, 0) is 16.0 Å². The van der Waals surface area contributed by atoms with Gasteiger partial charge in [0.1, 0.15) is 0 Å². The van der Waals surface area contributed by atoms with Crippen LogP contribution in [0.3, 0.4) is 0 Å². The van der Waals surface area contributed by atoms with E-state index in [2.05, 4.69) is 16.0 Å². The number of aliphatic carboxylic acids is 1. The lowest BCUT2D eigenvalue weighted by Gasteiger charge is -2.12. The minimum absolute atomic E-state index is 0.0666. The molecule has 0 aliphatic carbocycles. The van der Waals surface area contributed by atoms with E-state index in [1.54, 1.807) is 24.3 Å². The highest BCUT2D eigenvalue weighted by Crippen LogP contribution is 2.11. The molecule has 7 heteroatoms. The van der Waals surface area contributed by atoms with Gasteiger partial charge in [0.2, 0.25) is 5.91 Å². The molecule has 1 aromatic rings. The van der Waals surface area contributed by atoms with Gasteiger partial charge in [-0.25, -0.2) is 4.79 Å². The Morgan fingerprint density at radius 2 is 2.00 bits per heavy atom. The summed E-state index contributed by atoms with van der Waals surface area (Å²) in [5, 5.41) is 16.6. The van der Waals surface area contributed by atoms with Crippen molar-refractivity contribution in [2.75, 3.05) is 11.9 Å². The Morgan fingerprint density at radius 3 is 2.57 bits per heavy atom. The Hall–Kier alpha value is -2.57. The van der Waals surface area contributed by atoms with Crippen molar-refractivity contribution in [2.45, 2.75) is 25.3 Å². The zero-order valence-electron chi connectivity index (χ0n) is 11.4. The Labute approximate surface area is 121 Å². The first-order chi connectivity index (χ1) is 10.0. The lowest BCUT2D eigenvalue weighted by molar-refractivity contribution is -0.137. The Morgan fingerprint density at radius 1 is 1.29 bits per heavy atom. The third-order valence-electron chi connectivity index (χ3n) is 3.15. The zero-order chi connectivity index (χ0) is 15.2. The van der Waals surface area contributed by atoms with Gasteiger partial charge < -0.3 is 21.1 Å². The summed E-state index contributed by atoms with van der Waals surface area (Å²) >= 11 is 0. The molecule has 1 fully saturated rings. The van der Waals surface area contributed by atoms with Gasteiger partial charge in [-0.3, -0.25) is 9.59 Å². The molecule has 0 radical (unpaired) electrons. The number of carbonyl (C=O) groups excluding carboxylic acids is 2. The SMILES string of the molecule is O=C(O)CCc1ccc(NC(=O)NC2CNC(=O)C2)cc1. The van der Waals surface area contributed by atoms with Crippen molar-refractivity contribution in [1.29, 1.82) is 0 Å². The van der Waals surface area contributed by atoms with Crippen molar-refractivity contribution in [3.8, 4) is 0 Å². The maximum Gasteiger partial charge on any atom is 0.319 e. The molecular formula is C14H17N3O4. The summed E-state index contributed by atoms with van der Waals surface area (Å²) in [5.74, 6) is -0.903. The first-order valence-electron chi connectivity index (χ1n) is 6.68. The summed E-state index contributed by atoms with van der Waals surface area (Å²) in [6.07, 6.45) is 0.829. The van der Waals surface area contributed by atoms with Gasteiger partial charge in [0.15, 0.2) is 0 Å². The number of carboxylic acid groups (broad SMARTS) is 1. The molecule has 0 aromatic heterocycles. The molecule has 1 atom stereocenters. The Balaban J connectivity index is 1.80. The van der Waals surface area contributed by atoms with E-state index >= 15 is 0 Å². The quantitative estimate of drug-likeness (QED) is 0.641. The lowest BCUT2D eigenvalue weighted by Crippen LogP contribution is -2.39. The number of carboxylic acids is 1. The molecule has 0 bridgehead atoms. The van der Waals surface area contributed by atoms with E-state index in [1.807, 2.05) is 0 Å². The van der Waals surface area contributed by atoms with E-state index in [-0.39, 0.29) is 24.4 Å². The molecule has 1 aliphatic rings. The van der Waals surface area contributed by atoms with Crippen molar-refractivity contribution in [1.82, 2.24) is 10.6 Å². The average Bonchev–Trinajstić information content (AvgIpc) is 2.83. The summed E-state index contributed by atoms with van der Waals surface area (Å²) in [5.41, 5.74) is 1.51. The standard InChI is InChI=1S/C14H17N3O4/c18-12-7-11(8-15-12)17-14(21)16-10-4-1-9(2-5-10)3-6-13(19)20/h1-2,4-5,11H,3,6-8H2,(H,15,18)(H,19,20)(H2,16,17,21). The predicted octanol–water partition coefficient (Wildman–Crippen LogP) is 0.714. The third-order valence-corrected chi connectivity index (χ3v) is 3.15. The molecule has 21 heavy (non-hydrogen) atoms. The number of carbonyl (C=O) groups is 3. The number of hydrogen-bond donors (Lipinski definition) is 4. The van der Waals surface area contributed by atoms with Gasteiger partial charge in [0, 0.05) is 25.1 Å². The molecule has 0 saturated carbocycles. The number of rotatable bonds is 5. The van der Waals surface area contributed by atoms with Crippen LogP contribution in [0, 0.1) is 0 Å². The lowest BCUT2D eigenvalue weighted by atomic mass is 10.1. The number of amides is 3. The molecule has 1 aromatic carbocycles. The molecule has 112 valence electrons. The molecule has 2 rings (SSSR count). The van der Waals surface area contributed by atoms with E-state index in [1.165, 1.54) is 0 Å². The van der Waals surface area contributed by atoms with Crippen LogP contribution in [0.15, 0.2) is 24.3 Å². The van der Waals surface area contributed by atoms with E-state index in [9.17, 15) is 14.4 Å². The Bertz CT molecular complexity index is 542. The monoisotopic (exact) mass is 291 g/mol. The zero-order valence-corrected chi connectivity index (χ0v) is 11.4. The van der Waals surface area contributed by atoms with Crippen LogP contribution in [0.2, 0.25) is 0 Å². The number of anilines is 1. The fourth-order valence-electron chi connectivity index (χ4n) is 2.07. The second kappa shape index (κ2) is 6.74. The smallest absolute Gasteiger partial charge is 0.319 e. The molecule has 0 spiro atoms. The predicted molar refractivity (Wildman–Crippen MR) is 76.0 cm³/mol. The van der Waals surface area contributed by atoms with Gasteiger partial charge in [-0.2, -0.15) is 0 Å².